The molecule has 0 heterocycles. The Balaban J connectivity index is 3.56. The van der Waals surface area contributed by atoms with E-state index in [4.69, 9.17) is 18.5 Å². The van der Waals surface area contributed by atoms with Crippen molar-refractivity contribution in [3.63, 3.8) is 0 Å². The third-order valence-electron chi connectivity index (χ3n) is 7.00. The number of hydrogen-bond donors (Lipinski definition) is 1. The summed E-state index contributed by atoms with van der Waals surface area (Å²) in [5, 5.41) is 0. The van der Waals surface area contributed by atoms with Gasteiger partial charge in [-0.1, -0.05) is 103 Å². The van der Waals surface area contributed by atoms with Crippen molar-refractivity contribution in [2.24, 2.45) is 0 Å². The molecule has 3 atom stereocenters. The summed E-state index contributed by atoms with van der Waals surface area (Å²) in [5.74, 6) is 0. The second-order valence-corrected chi connectivity index (χ2v) is 12.7. The van der Waals surface area contributed by atoms with Crippen molar-refractivity contribution in [3.8, 4) is 0 Å². The molecule has 36 heavy (non-hydrogen) atoms. The van der Waals surface area contributed by atoms with Crippen LogP contribution in [0.25, 0.3) is 0 Å². The van der Waals surface area contributed by atoms with Crippen LogP contribution in [0, 0.1) is 0 Å². The number of ether oxygens (including phenoxy) is 2. The van der Waals surface area contributed by atoms with Gasteiger partial charge in [-0.15, -0.1) is 0 Å². The smallest absolute Gasteiger partial charge is 0.379 e. The lowest BCUT2D eigenvalue weighted by atomic mass is 10.0. The number of hydrogen-bond acceptors (Lipinski definition) is 5. The molecule has 0 aliphatic carbocycles. The monoisotopic (exact) mass is 538 g/mol. The molecule has 0 spiro atoms. The SMILES string of the molecule is CCCCCCCCCCCCCCCCCCOCC(COP(=O)(O)OC[C@@H](C)[N+](C)(C)C)OC. The first-order valence-corrected chi connectivity index (χ1v) is 16.2. The molecule has 7 nitrogen and oxygen atoms in total. The van der Waals surface area contributed by atoms with Gasteiger partial charge in [0.05, 0.1) is 34.4 Å². The summed E-state index contributed by atoms with van der Waals surface area (Å²) in [7, 11) is 3.47. The van der Waals surface area contributed by atoms with E-state index in [9.17, 15) is 9.46 Å². The summed E-state index contributed by atoms with van der Waals surface area (Å²) < 4.78 is 34.0. The lowest BCUT2D eigenvalue weighted by Crippen LogP contribution is -2.45. The molecule has 0 fully saturated rings. The van der Waals surface area contributed by atoms with Crippen molar-refractivity contribution < 1.29 is 32.5 Å². The highest BCUT2D eigenvalue weighted by atomic mass is 31.2. The molecular weight excluding hydrogens is 477 g/mol. The van der Waals surface area contributed by atoms with E-state index in [1.807, 2.05) is 28.1 Å². The molecule has 0 amide bonds. The van der Waals surface area contributed by atoms with Crippen molar-refractivity contribution >= 4 is 7.82 Å². The Labute approximate surface area is 223 Å². The Kier molecular flexibility index (Phi) is 22.9. The van der Waals surface area contributed by atoms with Gasteiger partial charge in [0.1, 0.15) is 18.8 Å². The molecule has 0 aliphatic rings. The molecule has 0 saturated carbocycles. The van der Waals surface area contributed by atoms with Gasteiger partial charge in [-0.25, -0.2) is 4.57 Å². The quantitative estimate of drug-likeness (QED) is 0.0663. The fourth-order valence-corrected chi connectivity index (χ4v) is 4.62. The fourth-order valence-electron chi connectivity index (χ4n) is 3.79. The predicted molar refractivity (Wildman–Crippen MR) is 150 cm³/mol. The minimum Gasteiger partial charge on any atom is -0.379 e. The molecule has 0 aromatic heterocycles. The van der Waals surface area contributed by atoms with Crippen LogP contribution in [0.5, 0.6) is 0 Å². The Hall–Kier alpha value is -0.0100. The molecule has 0 aromatic rings. The summed E-state index contributed by atoms with van der Waals surface area (Å²) in [4.78, 5) is 9.91. The maximum absolute atomic E-state index is 12.1. The largest absolute Gasteiger partial charge is 0.472 e. The number of unbranched alkanes of at least 4 members (excludes halogenated alkanes) is 15. The van der Waals surface area contributed by atoms with E-state index in [0.717, 1.165) is 6.42 Å². The number of methoxy groups -OCH3 is 1. The van der Waals surface area contributed by atoms with E-state index in [2.05, 4.69) is 6.92 Å². The number of phosphoric acid groups is 1. The average Bonchev–Trinajstić information content (AvgIpc) is 2.83. The maximum Gasteiger partial charge on any atom is 0.472 e. The van der Waals surface area contributed by atoms with Crippen LogP contribution in [0.15, 0.2) is 0 Å². The van der Waals surface area contributed by atoms with Gasteiger partial charge in [-0.05, 0) is 13.3 Å². The van der Waals surface area contributed by atoms with E-state index >= 15 is 0 Å². The van der Waals surface area contributed by atoms with Crippen LogP contribution in [-0.2, 0) is 23.1 Å². The van der Waals surface area contributed by atoms with E-state index in [-0.39, 0.29) is 19.3 Å². The summed E-state index contributed by atoms with van der Waals surface area (Å²) in [6.45, 7) is 5.35. The van der Waals surface area contributed by atoms with Crippen LogP contribution in [0.4, 0.5) is 0 Å². The van der Waals surface area contributed by atoms with Gasteiger partial charge in [0.2, 0.25) is 0 Å². The van der Waals surface area contributed by atoms with Crippen LogP contribution >= 0.6 is 7.82 Å². The normalized spacial score (nSPS) is 15.6. The van der Waals surface area contributed by atoms with Gasteiger partial charge in [0.25, 0.3) is 0 Å². The summed E-state index contributed by atoms with van der Waals surface area (Å²) >= 11 is 0. The van der Waals surface area contributed by atoms with E-state index in [1.165, 1.54) is 96.3 Å². The number of nitrogens with zero attached hydrogens (tertiary/aromatic N) is 1. The zero-order chi connectivity index (χ0) is 27.1. The van der Waals surface area contributed by atoms with Crippen molar-refractivity contribution in [1.82, 2.24) is 0 Å². The molecule has 8 heteroatoms. The molecule has 1 N–H and O–H groups in total. The average molecular weight is 539 g/mol. The maximum atomic E-state index is 12.1. The van der Waals surface area contributed by atoms with E-state index in [1.54, 1.807) is 7.11 Å². The van der Waals surface area contributed by atoms with Gasteiger partial charge < -0.3 is 18.9 Å². The Morgan fingerprint density at radius 2 is 1.11 bits per heavy atom. The molecule has 0 rings (SSSR count). The highest BCUT2D eigenvalue weighted by Gasteiger charge is 2.27. The van der Waals surface area contributed by atoms with Gasteiger partial charge in [0, 0.05) is 13.7 Å². The summed E-state index contributed by atoms with van der Waals surface area (Å²) in [5.41, 5.74) is 0. The Morgan fingerprint density at radius 3 is 1.53 bits per heavy atom. The van der Waals surface area contributed by atoms with Crippen molar-refractivity contribution in [2.75, 3.05) is 54.7 Å². The topological polar surface area (TPSA) is 74.2 Å². The zero-order valence-corrected chi connectivity index (χ0v) is 25.6. The van der Waals surface area contributed by atoms with Gasteiger partial charge in [-0.3, -0.25) is 9.05 Å². The molecular formula is C28H61NO6P+. The minimum atomic E-state index is -4.11. The van der Waals surface area contributed by atoms with Gasteiger partial charge in [-0.2, -0.15) is 0 Å². The third kappa shape index (κ3) is 23.1. The van der Waals surface area contributed by atoms with Crippen molar-refractivity contribution in [1.29, 1.82) is 0 Å². The number of quaternary nitrogens is 1. The first kappa shape index (κ1) is 36.0. The molecule has 0 aromatic carbocycles. The molecule has 0 radical (unpaired) electrons. The predicted octanol–water partition coefficient (Wildman–Crippen LogP) is 7.51. The molecule has 0 aliphatic heterocycles. The number of rotatable bonds is 27. The lowest BCUT2D eigenvalue weighted by molar-refractivity contribution is -0.894. The van der Waals surface area contributed by atoms with Crippen LogP contribution in [-0.4, -0.2) is 76.2 Å². The molecule has 218 valence electrons. The van der Waals surface area contributed by atoms with Crippen molar-refractivity contribution in [2.45, 2.75) is 129 Å². The minimum absolute atomic E-state index is 0.0397. The number of likely N-dealkylation sites (N-methyl/N-ethyl adjacent to an activating group) is 1. The molecule has 0 bridgehead atoms. The van der Waals surface area contributed by atoms with Crippen molar-refractivity contribution in [3.05, 3.63) is 0 Å². The van der Waals surface area contributed by atoms with Crippen LogP contribution < -0.4 is 0 Å². The van der Waals surface area contributed by atoms with Gasteiger partial charge in [0.15, 0.2) is 0 Å². The van der Waals surface area contributed by atoms with Crippen LogP contribution in [0.1, 0.15) is 117 Å². The standard InChI is InChI=1S/C28H60NO6P/c1-7-8-9-10-11-12-13-14-15-16-17-18-19-20-21-22-23-33-25-28(32-6)26-35-36(30,31)34-24-27(2)29(3,4)5/h27-28H,7-26H2,1-6H3/p+1/t27-,28?/m1/s1. The highest BCUT2D eigenvalue weighted by Crippen LogP contribution is 2.43. The van der Waals surface area contributed by atoms with Crippen LogP contribution in [0.2, 0.25) is 0 Å². The first-order valence-electron chi connectivity index (χ1n) is 14.7. The summed E-state index contributed by atoms with van der Waals surface area (Å²) in [6, 6.07) is 0.0651. The first-order chi connectivity index (χ1) is 17.1. The Morgan fingerprint density at radius 1 is 0.694 bits per heavy atom. The van der Waals surface area contributed by atoms with E-state index in [0.29, 0.717) is 17.7 Å². The zero-order valence-electron chi connectivity index (χ0n) is 24.7. The molecule has 2 unspecified atom stereocenters. The summed E-state index contributed by atoms with van der Waals surface area (Å²) in [6.07, 6.45) is 21.2. The Bertz CT molecular complexity index is 529. The van der Waals surface area contributed by atoms with Crippen LogP contribution in [0.3, 0.4) is 0 Å². The fraction of sp³-hybridized carbons (Fsp3) is 1.00. The molecule has 0 saturated heterocycles. The van der Waals surface area contributed by atoms with E-state index < -0.39 is 13.9 Å². The van der Waals surface area contributed by atoms with Gasteiger partial charge >= 0.3 is 7.82 Å². The highest BCUT2D eigenvalue weighted by molar-refractivity contribution is 7.47. The second-order valence-electron chi connectivity index (χ2n) is 11.3. The number of phosphoric ester groups is 1. The second kappa shape index (κ2) is 22.9. The lowest BCUT2D eigenvalue weighted by Gasteiger charge is -2.31. The third-order valence-corrected chi connectivity index (χ3v) is 7.95.